The second-order valence-corrected chi connectivity index (χ2v) is 3.05. The maximum Gasteiger partial charge on any atom is 0.348 e. The molecule has 0 spiro atoms. The molecule has 0 aromatic heterocycles. The molecule has 1 aromatic rings. The molecule has 0 aliphatic rings. The van der Waals surface area contributed by atoms with E-state index in [0.29, 0.717) is 5.69 Å². The normalized spacial score (nSPS) is 12.7. The number of alkyl halides is 1. The molecule has 4 nitrogen and oxygen atoms in total. The predicted molar refractivity (Wildman–Crippen MR) is 57.2 cm³/mol. The zero-order valence-electron chi connectivity index (χ0n) is 8.26. The van der Waals surface area contributed by atoms with Crippen molar-refractivity contribution in [2.75, 3.05) is 6.61 Å². The molecule has 0 heterocycles. The van der Waals surface area contributed by atoms with Crippen LogP contribution in [0.2, 0.25) is 0 Å². The summed E-state index contributed by atoms with van der Waals surface area (Å²) in [4.78, 5) is 11.1. The Labute approximate surface area is 92.9 Å². The van der Waals surface area contributed by atoms with Crippen LogP contribution in [0.15, 0.2) is 40.6 Å². The molecule has 5 heteroatoms. The van der Waals surface area contributed by atoms with Gasteiger partial charge >= 0.3 is 5.97 Å². The second kappa shape index (κ2) is 6.14. The summed E-state index contributed by atoms with van der Waals surface area (Å²) in [5.41, 5.74) is -0.433. The summed E-state index contributed by atoms with van der Waals surface area (Å²) in [5.74, 6) is -0.584. The first-order chi connectivity index (χ1) is 7.24. The van der Waals surface area contributed by atoms with Crippen LogP contribution in [0.1, 0.15) is 6.92 Å². The third kappa shape index (κ3) is 4.08. The smallest absolute Gasteiger partial charge is 0.348 e. The number of hydrogen-bond acceptors (Lipinski definition) is 4. The molecule has 80 valence electrons. The first-order valence-corrected chi connectivity index (χ1v) is 4.94. The number of nitrogens with zero attached hydrogens (tertiary/aromatic N) is 2. The van der Waals surface area contributed by atoms with Gasteiger partial charge in [0, 0.05) is 0 Å². The van der Waals surface area contributed by atoms with Gasteiger partial charge in [-0.15, -0.1) is 0 Å². The summed E-state index contributed by atoms with van der Waals surface area (Å²) in [6.07, 6.45) is 0. The summed E-state index contributed by atoms with van der Waals surface area (Å²) < 4.78 is 4.67. The summed E-state index contributed by atoms with van der Waals surface area (Å²) in [6, 6.07) is 9.03. The highest BCUT2D eigenvalue weighted by Crippen LogP contribution is 2.12. The second-order valence-electron chi connectivity index (χ2n) is 2.64. The third-order valence-corrected chi connectivity index (χ3v) is 1.78. The summed E-state index contributed by atoms with van der Waals surface area (Å²) in [6.45, 7) is 1.98. The number of carbonyl (C=O) groups is 1. The third-order valence-electron chi connectivity index (χ3n) is 1.51. The lowest BCUT2D eigenvalue weighted by atomic mass is 10.3. The maximum atomic E-state index is 11.1. The SMILES string of the molecule is CCOC(=O)C(Cl)N=Nc1ccccc1. The molecule has 1 atom stereocenters. The van der Waals surface area contributed by atoms with Crippen LogP contribution in [0, 0.1) is 0 Å². The molecule has 1 aromatic carbocycles. The minimum atomic E-state index is -1.08. The van der Waals surface area contributed by atoms with E-state index in [-0.39, 0.29) is 6.61 Å². The largest absolute Gasteiger partial charge is 0.463 e. The van der Waals surface area contributed by atoms with Crippen molar-refractivity contribution in [2.45, 2.75) is 12.4 Å². The lowest BCUT2D eigenvalue weighted by molar-refractivity contribution is -0.142. The number of halogens is 1. The van der Waals surface area contributed by atoms with Crippen LogP contribution in [-0.4, -0.2) is 18.1 Å². The summed E-state index contributed by atoms with van der Waals surface area (Å²) in [5, 5.41) is 7.43. The standard InChI is InChI=1S/C10H11ClN2O2/c1-2-15-10(14)9(11)13-12-8-6-4-3-5-7-8/h3-7,9H,2H2,1H3. The summed E-state index contributed by atoms with van der Waals surface area (Å²) >= 11 is 5.63. The van der Waals surface area contributed by atoms with Crippen molar-refractivity contribution in [2.24, 2.45) is 10.2 Å². The molecular weight excluding hydrogens is 216 g/mol. The lowest BCUT2D eigenvalue weighted by Gasteiger charge is -2.01. The van der Waals surface area contributed by atoms with Gasteiger partial charge in [-0.1, -0.05) is 29.8 Å². The van der Waals surface area contributed by atoms with Crippen LogP contribution in [0.5, 0.6) is 0 Å². The molecule has 0 N–H and O–H groups in total. The van der Waals surface area contributed by atoms with Crippen LogP contribution in [-0.2, 0) is 9.53 Å². The molecule has 0 bridgehead atoms. The van der Waals surface area contributed by atoms with Gasteiger partial charge < -0.3 is 4.74 Å². The number of carbonyl (C=O) groups excluding carboxylic acids is 1. The average Bonchev–Trinajstić information content (AvgIpc) is 2.27. The minimum absolute atomic E-state index is 0.281. The highest BCUT2D eigenvalue weighted by atomic mass is 35.5. The highest BCUT2D eigenvalue weighted by molar-refractivity contribution is 6.29. The van der Waals surface area contributed by atoms with Gasteiger partial charge in [0.1, 0.15) is 0 Å². The van der Waals surface area contributed by atoms with Crippen molar-refractivity contribution in [3.05, 3.63) is 30.3 Å². The van der Waals surface area contributed by atoms with Crippen molar-refractivity contribution < 1.29 is 9.53 Å². The first kappa shape index (κ1) is 11.7. The Hall–Kier alpha value is -1.42. The molecule has 1 unspecified atom stereocenters. The Morgan fingerprint density at radius 2 is 2.13 bits per heavy atom. The van der Waals surface area contributed by atoms with Gasteiger partial charge in [0.2, 0.25) is 5.50 Å². The fourth-order valence-electron chi connectivity index (χ4n) is 0.870. The van der Waals surface area contributed by atoms with Gasteiger partial charge in [-0.2, -0.15) is 10.2 Å². The minimum Gasteiger partial charge on any atom is -0.463 e. The fourth-order valence-corrected chi connectivity index (χ4v) is 0.977. The van der Waals surface area contributed by atoms with E-state index < -0.39 is 11.5 Å². The van der Waals surface area contributed by atoms with Gasteiger partial charge in [0.25, 0.3) is 0 Å². The van der Waals surface area contributed by atoms with E-state index in [2.05, 4.69) is 15.0 Å². The Morgan fingerprint density at radius 3 is 2.73 bits per heavy atom. The van der Waals surface area contributed by atoms with Gasteiger partial charge in [-0.3, -0.25) is 0 Å². The molecular formula is C10H11ClN2O2. The molecule has 0 radical (unpaired) electrons. The van der Waals surface area contributed by atoms with E-state index in [0.717, 1.165) is 0 Å². The quantitative estimate of drug-likeness (QED) is 0.343. The van der Waals surface area contributed by atoms with Crippen molar-refractivity contribution in [1.82, 2.24) is 0 Å². The predicted octanol–water partition coefficient (Wildman–Crippen LogP) is 2.90. The van der Waals surface area contributed by atoms with E-state index in [4.69, 9.17) is 11.6 Å². The molecule has 0 amide bonds. The number of azo groups is 1. The van der Waals surface area contributed by atoms with Crippen molar-refractivity contribution >= 4 is 23.3 Å². The highest BCUT2D eigenvalue weighted by Gasteiger charge is 2.14. The van der Waals surface area contributed by atoms with Crippen LogP contribution in [0.25, 0.3) is 0 Å². The van der Waals surface area contributed by atoms with Crippen LogP contribution < -0.4 is 0 Å². The average molecular weight is 227 g/mol. The van der Waals surface area contributed by atoms with Crippen LogP contribution in [0.3, 0.4) is 0 Å². The maximum absolute atomic E-state index is 11.1. The number of ether oxygens (including phenoxy) is 1. The van der Waals surface area contributed by atoms with E-state index >= 15 is 0 Å². The van der Waals surface area contributed by atoms with Crippen molar-refractivity contribution in [3.8, 4) is 0 Å². The monoisotopic (exact) mass is 226 g/mol. The molecule has 0 aliphatic heterocycles. The Kier molecular flexibility index (Phi) is 4.77. The first-order valence-electron chi connectivity index (χ1n) is 4.50. The molecule has 1 rings (SSSR count). The Morgan fingerprint density at radius 1 is 1.47 bits per heavy atom. The van der Waals surface area contributed by atoms with Gasteiger partial charge in [-0.05, 0) is 19.1 Å². The molecule has 0 fully saturated rings. The van der Waals surface area contributed by atoms with E-state index in [1.165, 1.54) is 0 Å². The van der Waals surface area contributed by atoms with Crippen LogP contribution >= 0.6 is 11.6 Å². The zero-order chi connectivity index (χ0) is 11.1. The van der Waals surface area contributed by atoms with Gasteiger partial charge in [0.15, 0.2) is 0 Å². The van der Waals surface area contributed by atoms with E-state index in [9.17, 15) is 4.79 Å². The number of rotatable bonds is 4. The number of esters is 1. The molecule has 0 aliphatic carbocycles. The van der Waals surface area contributed by atoms with Crippen LogP contribution in [0.4, 0.5) is 5.69 Å². The fraction of sp³-hybridized carbons (Fsp3) is 0.300. The van der Waals surface area contributed by atoms with E-state index in [1.54, 1.807) is 19.1 Å². The lowest BCUT2D eigenvalue weighted by Crippen LogP contribution is -2.14. The van der Waals surface area contributed by atoms with Crippen molar-refractivity contribution in [3.63, 3.8) is 0 Å². The summed E-state index contributed by atoms with van der Waals surface area (Å²) in [7, 11) is 0. The molecule has 0 saturated heterocycles. The van der Waals surface area contributed by atoms with Crippen molar-refractivity contribution in [1.29, 1.82) is 0 Å². The Balaban J connectivity index is 2.54. The number of benzene rings is 1. The number of hydrogen-bond donors (Lipinski definition) is 0. The topological polar surface area (TPSA) is 51.0 Å². The zero-order valence-corrected chi connectivity index (χ0v) is 9.02. The molecule has 0 saturated carbocycles. The molecule has 15 heavy (non-hydrogen) atoms. The van der Waals surface area contributed by atoms with Gasteiger partial charge in [0.05, 0.1) is 12.3 Å². The Bertz CT molecular complexity index is 341. The van der Waals surface area contributed by atoms with Gasteiger partial charge in [-0.25, -0.2) is 4.79 Å². The van der Waals surface area contributed by atoms with E-state index in [1.807, 2.05) is 18.2 Å².